The lowest BCUT2D eigenvalue weighted by Gasteiger charge is -2.32. The molecule has 0 unspecified atom stereocenters. The van der Waals surface area contributed by atoms with Crippen molar-refractivity contribution in [2.75, 3.05) is 7.11 Å². The summed E-state index contributed by atoms with van der Waals surface area (Å²) in [7, 11) is 1.39. The molecule has 1 fully saturated rings. The van der Waals surface area contributed by atoms with Gasteiger partial charge in [-0.25, -0.2) is 0 Å². The molecule has 0 aromatic rings. The van der Waals surface area contributed by atoms with Crippen LogP contribution in [-0.4, -0.2) is 18.9 Å². The second-order valence-electron chi connectivity index (χ2n) is 4.32. The first kappa shape index (κ1) is 11.2. The summed E-state index contributed by atoms with van der Waals surface area (Å²) in [5, 5.41) is 0. The Bertz CT molecular complexity index is 235. The molecule has 80 valence electrons. The number of hydrogen-bond donors (Lipinski definition) is 0. The summed E-state index contributed by atoms with van der Waals surface area (Å²) < 4.78 is 4.62. The van der Waals surface area contributed by atoms with Gasteiger partial charge in [-0.3, -0.25) is 9.59 Å². The zero-order chi connectivity index (χ0) is 10.7. The van der Waals surface area contributed by atoms with Crippen molar-refractivity contribution in [1.29, 1.82) is 0 Å². The number of ketones is 1. The van der Waals surface area contributed by atoms with Crippen molar-refractivity contribution in [3.63, 3.8) is 0 Å². The zero-order valence-electron chi connectivity index (χ0n) is 9.08. The summed E-state index contributed by atoms with van der Waals surface area (Å²) in [5.74, 6) is 1.09. The topological polar surface area (TPSA) is 43.4 Å². The summed E-state index contributed by atoms with van der Waals surface area (Å²) in [5.41, 5.74) is 0. The minimum atomic E-state index is -0.205. The van der Waals surface area contributed by atoms with Gasteiger partial charge in [-0.15, -0.1) is 0 Å². The molecular weight excluding hydrogens is 180 g/mol. The van der Waals surface area contributed by atoms with E-state index in [0.717, 1.165) is 0 Å². The van der Waals surface area contributed by atoms with E-state index in [-0.39, 0.29) is 17.7 Å². The van der Waals surface area contributed by atoms with Crippen molar-refractivity contribution in [1.82, 2.24) is 0 Å². The fourth-order valence-corrected chi connectivity index (χ4v) is 2.13. The predicted molar refractivity (Wildman–Crippen MR) is 52.7 cm³/mol. The number of ether oxygens (including phenoxy) is 1. The molecular formula is C11H18O3. The largest absolute Gasteiger partial charge is 0.469 e. The normalized spacial score (nSPS) is 32.8. The number of Topliss-reactive ketones (excluding diaryl/α,β-unsaturated/α-hetero) is 1. The van der Waals surface area contributed by atoms with Crippen molar-refractivity contribution in [2.24, 2.45) is 17.8 Å². The average Bonchev–Trinajstić information content (AvgIpc) is 2.13. The highest BCUT2D eigenvalue weighted by molar-refractivity contribution is 5.80. The molecule has 1 aliphatic rings. The summed E-state index contributed by atoms with van der Waals surface area (Å²) >= 11 is 0. The third-order valence-electron chi connectivity index (χ3n) is 3.34. The van der Waals surface area contributed by atoms with Gasteiger partial charge < -0.3 is 4.74 Å². The van der Waals surface area contributed by atoms with Gasteiger partial charge >= 0.3 is 5.97 Å². The van der Waals surface area contributed by atoms with Crippen LogP contribution in [0.2, 0.25) is 0 Å². The van der Waals surface area contributed by atoms with Gasteiger partial charge in [-0.1, -0.05) is 13.8 Å². The van der Waals surface area contributed by atoms with E-state index in [1.807, 2.05) is 0 Å². The van der Waals surface area contributed by atoms with E-state index < -0.39 is 0 Å². The van der Waals surface area contributed by atoms with Gasteiger partial charge in [0.1, 0.15) is 5.78 Å². The molecule has 1 saturated carbocycles. The van der Waals surface area contributed by atoms with Gasteiger partial charge in [0.05, 0.1) is 7.11 Å². The van der Waals surface area contributed by atoms with E-state index in [0.29, 0.717) is 31.1 Å². The monoisotopic (exact) mass is 198 g/mol. The molecule has 1 aliphatic carbocycles. The van der Waals surface area contributed by atoms with Crippen molar-refractivity contribution in [3.8, 4) is 0 Å². The molecule has 1 rings (SSSR count). The summed E-state index contributed by atoms with van der Waals surface area (Å²) in [6, 6.07) is 0. The summed E-state index contributed by atoms with van der Waals surface area (Å²) in [6.45, 7) is 4.19. The molecule has 0 aromatic heterocycles. The molecule has 0 spiro atoms. The fraction of sp³-hybridized carbons (Fsp3) is 0.818. The van der Waals surface area contributed by atoms with Crippen LogP contribution in [0.3, 0.4) is 0 Å². The molecule has 0 aromatic carbocycles. The van der Waals surface area contributed by atoms with Gasteiger partial charge in [0.15, 0.2) is 0 Å². The standard InChI is InChI=1S/C11H18O3/c1-7-4-10(12)5-9(8(7)2)6-11(13)14-3/h7-9H,4-6H2,1-3H3/t7-,8+,9+/m1/s1. The maximum atomic E-state index is 11.3. The Morgan fingerprint density at radius 2 is 2.07 bits per heavy atom. The fourth-order valence-electron chi connectivity index (χ4n) is 2.13. The number of carbonyl (C=O) groups is 2. The Morgan fingerprint density at radius 1 is 1.43 bits per heavy atom. The van der Waals surface area contributed by atoms with E-state index in [9.17, 15) is 9.59 Å². The van der Waals surface area contributed by atoms with E-state index in [4.69, 9.17) is 0 Å². The Morgan fingerprint density at radius 3 is 2.64 bits per heavy atom. The van der Waals surface area contributed by atoms with Crippen molar-refractivity contribution in [3.05, 3.63) is 0 Å². The van der Waals surface area contributed by atoms with Crippen LogP contribution in [-0.2, 0) is 14.3 Å². The van der Waals surface area contributed by atoms with Crippen LogP contribution in [0.5, 0.6) is 0 Å². The van der Waals surface area contributed by atoms with Gasteiger partial charge in [0.2, 0.25) is 0 Å². The van der Waals surface area contributed by atoms with E-state index in [1.165, 1.54) is 7.11 Å². The highest BCUT2D eigenvalue weighted by Gasteiger charge is 2.32. The minimum Gasteiger partial charge on any atom is -0.469 e. The molecule has 0 saturated heterocycles. The minimum absolute atomic E-state index is 0.179. The molecule has 3 nitrogen and oxygen atoms in total. The van der Waals surface area contributed by atoms with E-state index in [2.05, 4.69) is 18.6 Å². The van der Waals surface area contributed by atoms with Crippen LogP contribution in [0.25, 0.3) is 0 Å². The predicted octanol–water partition coefficient (Wildman–Crippen LogP) is 1.80. The molecule has 0 N–H and O–H groups in total. The first-order valence-electron chi connectivity index (χ1n) is 5.13. The van der Waals surface area contributed by atoms with Crippen molar-refractivity contribution >= 4 is 11.8 Å². The third-order valence-corrected chi connectivity index (χ3v) is 3.34. The molecule has 0 amide bonds. The van der Waals surface area contributed by atoms with Crippen LogP contribution in [0.15, 0.2) is 0 Å². The quantitative estimate of drug-likeness (QED) is 0.635. The first-order chi connectivity index (χ1) is 6.54. The molecule has 0 bridgehead atoms. The molecule has 3 heteroatoms. The lowest BCUT2D eigenvalue weighted by atomic mass is 9.72. The van der Waals surface area contributed by atoms with Gasteiger partial charge in [0.25, 0.3) is 0 Å². The Balaban J connectivity index is 2.57. The van der Waals surface area contributed by atoms with Gasteiger partial charge in [-0.2, -0.15) is 0 Å². The SMILES string of the molecule is COC(=O)C[C@@H]1CC(=O)C[C@@H](C)[C@@H]1C. The van der Waals surface area contributed by atoms with Crippen molar-refractivity contribution in [2.45, 2.75) is 33.1 Å². The lowest BCUT2D eigenvalue weighted by molar-refractivity contribution is -0.143. The first-order valence-corrected chi connectivity index (χ1v) is 5.13. The highest BCUT2D eigenvalue weighted by Crippen LogP contribution is 2.34. The molecule has 0 aliphatic heterocycles. The van der Waals surface area contributed by atoms with E-state index >= 15 is 0 Å². The van der Waals surface area contributed by atoms with Crippen LogP contribution in [0, 0.1) is 17.8 Å². The maximum absolute atomic E-state index is 11.3. The van der Waals surface area contributed by atoms with Gasteiger partial charge in [0, 0.05) is 19.3 Å². The summed E-state index contributed by atoms with van der Waals surface area (Å²) in [4.78, 5) is 22.5. The van der Waals surface area contributed by atoms with E-state index in [1.54, 1.807) is 0 Å². The number of esters is 1. The molecule has 3 atom stereocenters. The average molecular weight is 198 g/mol. The van der Waals surface area contributed by atoms with Crippen LogP contribution in [0.4, 0.5) is 0 Å². The second-order valence-corrected chi connectivity index (χ2v) is 4.32. The third kappa shape index (κ3) is 2.56. The maximum Gasteiger partial charge on any atom is 0.305 e. The Labute approximate surface area is 84.8 Å². The lowest BCUT2D eigenvalue weighted by Crippen LogP contribution is -2.31. The number of carbonyl (C=O) groups excluding carboxylic acids is 2. The van der Waals surface area contributed by atoms with Gasteiger partial charge in [-0.05, 0) is 17.8 Å². The van der Waals surface area contributed by atoms with Crippen molar-refractivity contribution < 1.29 is 14.3 Å². The number of rotatable bonds is 2. The highest BCUT2D eigenvalue weighted by atomic mass is 16.5. The van der Waals surface area contributed by atoms with Crippen LogP contribution < -0.4 is 0 Å². The molecule has 14 heavy (non-hydrogen) atoms. The Kier molecular flexibility index (Phi) is 3.67. The summed E-state index contributed by atoms with van der Waals surface area (Å²) in [6.07, 6.45) is 1.59. The zero-order valence-corrected chi connectivity index (χ0v) is 9.08. The number of hydrogen-bond acceptors (Lipinski definition) is 3. The molecule has 0 heterocycles. The van der Waals surface area contributed by atoms with Crippen LogP contribution in [0.1, 0.15) is 33.1 Å². The number of methoxy groups -OCH3 is 1. The molecule has 0 radical (unpaired) electrons. The smallest absolute Gasteiger partial charge is 0.305 e. The Hall–Kier alpha value is -0.860. The van der Waals surface area contributed by atoms with Crippen LogP contribution >= 0.6 is 0 Å². The second kappa shape index (κ2) is 4.58.